The fourth-order valence-corrected chi connectivity index (χ4v) is 10.2. The van der Waals surface area contributed by atoms with Crippen molar-refractivity contribution in [2.75, 3.05) is 13.1 Å². The van der Waals surface area contributed by atoms with E-state index in [1.165, 1.54) is 50.1 Å². The van der Waals surface area contributed by atoms with Crippen LogP contribution in [0.15, 0.2) is 158 Å². The quantitative estimate of drug-likeness (QED) is 0.134. The zero-order valence-electron chi connectivity index (χ0n) is 34.0. The van der Waals surface area contributed by atoms with E-state index in [-0.39, 0.29) is 11.3 Å². The Bertz CT molecular complexity index is 2580. The van der Waals surface area contributed by atoms with Crippen molar-refractivity contribution < 1.29 is 0 Å². The molecule has 288 valence electrons. The van der Waals surface area contributed by atoms with Gasteiger partial charge in [-0.25, -0.2) is 15.0 Å². The molecule has 58 heavy (non-hydrogen) atoms. The van der Waals surface area contributed by atoms with E-state index >= 15 is 0 Å². The molecule has 5 aromatic carbocycles. The van der Waals surface area contributed by atoms with Crippen LogP contribution in [-0.2, 0) is 5.41 Å². The number of aromatic nitrogens is 3. The van der Waals surface area contributed by atoms with Crippen LogP contribution in [0.4, 0.5) is 0 Å². The second-order valence-corrected chi connectivity index (χ2v) is 16.2. The van der Waals surface area contributed by atoms with Crippen LogP contribution in [0.1, 0.15) is 97.5 Å². The highest BCUT2D eigenvalue weighted by Gasteiger charge is 2.56. The smallest absolute Gasteiger partial charge is 0.164 e. The van der Waals surface area contributed by atoms with Gasteiger partial charge in [0.15, 0.2) is 17.5 Å². The number of rotatable bonds is 11. The molecule has 0 radical (unpaired) electrons. The molecule has 0 bridgehead atoms. The van der Waals surface area contributed by atoms with Crippen LogP contribution in [0.3, 0.4) is 0 Å². The third-order valence-electron chi connectivity index (χ3n) is 12.8. The lowest BCUT2D eigenvalue weighted by atomic mass is 9.64. The van der Waals surface area contributed by atoms with Crippen LogP contribution in [0.2, 0.25) is 0 Å². The topological polar surface area (TPSA) is 50.7 Å². The number of hydrogen-bond acceptors (Lipinski definition) is 4. The summed E-state index contributed by atoms with van der Waals surface area (Å²) < 4.78 is 0. The summed E-state index contributed by atoms with van der Waals surface area (Å²) in [6, 6.07) is 44.6. The van der Waals surface area contributed by atoms with Crippen LogP contribution < -0.4 is 5.32 Å². The summed E-state index contributed by atoms with van der Waals surface area (Å²) in [5, 5.41) is 3.48. The molecule has 1 aromatic heterocycles. The van der Waals surface area contributed by atoms with E-state index in [4.69, 9.17) is 21.5 Å². The molecule has 6 aromatic rings. The van der Waals surface area contributed by atoms with Crippen LogP contribution in [0.25, 0.3) is 45.0 Å². The molecule has 2 aliphatic carbocycles. The molecule has 3 aliphatic rings. The first kappa shape index (κ1) is 37.6. The summed E-state index contributed by atoms with van der Waals surface area (Å²) in [6.45, 7) is 13.2. The van der Waals surface area contributed by atoms with E-state index in [1.807, 2.05) is 18.2 Å². The molecule has 1 spiro atoms. The van der Waals surface area contributed by atoms with E-state index in [9.17, 15) is 0 Å². The van der Waals surface area contributed by atoms with Gasteiger partial charge in [-0.15, -0.1) is 0 Å². The van der Waals surface area contributed by atoms with Crippen molar-refractivity contribution in [2.45, 2.75) is 63.7 Å². The number of fused-ring (bicyclic) bond motifs is 7. The van der Waals surface area contributed by atoms with Gasteiger partial charge in [0.25, 0.3) is 0 Å². The predicted octanol–water partition coefficient (Wildman–Crippen LogP) is 12.7. The molecule has 1 aliphatic heterocycles. The van der Waals surface area contributed by atoms with Gasteiger partial charge in [-0.1, -0.05) is 172 Å². The summed E-state index contributed by atoms with van der Waals surface area (Å²) in [6.07, 6.45) is 15.1. The Labute approximate surface area is 344 Å². The van der Waals surface area contributed by atoms with Crippen LogP contribution >= 0.6 is 0 Å². The standard InChI is InChI=1S/C54H52N4/c1-5-7-29-47-37(4)44-25-11-13-30-48(44)54(47)49-31-14-12-26-45(49)46-28-18-27-43(50(46)54)36(3)33-39(19-6-2)40-23-17-24-41(34-40)52-56-51(38-20-9-8-10-21-38)57-53(58-52)42-22-15-16-32-55-35-42/h5,7-18,20-28,30-31,34,36,39,47,55H,4,6,19,29,32-33,35H2,1-3H3/b7-5-/t36?,39?,47?,54-/m1/s1. The molecule has 3 unspecified atom stereocenters. The van der Waals surface area contributed by atoms with Crippen LogP contribution in [0.5, 0.6) is 0 Å². The minimum absolute atomic E-state index is 0.228. The van der Waals surface area contributed by atoms with E-state index in [1.54, 1.807) is 0 Å². The van der Waals surface area contributed by atoms with Crippen LogP contribution in [-0.4, -0.2) is 28.0 Å². The van der Waals surface area contributed by atoms with Gasteiger partial charge in [0.2, 0.25) is 0 Å². The fourth-order valence-electron chi connectivity index (χ4n) is 10.2. The van der Waals surface area contributed by atoms with Crippen molar-refractivity contribution in [3.8, 4) is 33.9 Å². The zero-order valence-corrected chi connectivity index (χ0v) is 34.0. The molecule has 0 saturated carbocycles. The maximum atomic E-state index is 5.13. The Morgan fingerprint density at radius 3 is 2.24 bits per heavy atom. The highest BCUT2D eigenvalue weighted by atomic mass is 15.0. The second kappa shape index (κ2) is 16.1. The van der Waals surface area contributed by atoms with Crippen molar-refractivity contribution in [1.29, 1.82) is 0 Å². The van der Waals surface area contributed by atoms with Gasteiger partial charge < -0.3 is 5.32 Å². The van der Waals surface area contributed by atoms with Crippen molar-refractivity contribution in [2.24, 2.45) is 5.92 Å². The number of benzene rings is 5. The summed E-state index contributed by atoms with van der Waals surface area (Å²) in [5.74, 6) is 3.00. The minimum atomic E-state index is -0.297. The molecule has 1 N–H and O–H groups in total. The van der Waals surface area contributed by atoms with E-state index in [0.717, 1.165) is 48.9 Å². The second-order valence-electron chi connectivity index (χ2n) is 16.2. The van der Waals surface area contributed by atoms with Crippen LogP contribution in [0, 0.1) is 5.92 Å². The summed E-state index contributed by atoms with van der Waals surface area (Å²) in [7, 11) is 0. The lowest BCUT2D eigenvalue weighted by Crippen LogP contribution is -2.33. The highest BCUT2D eigenvalue weighted by molar-refractivity contribution is 5.92. The molecule has 4 heteroatoms. The average molecular weight is 757 g/mol. The van der Waals surface area contributed by atoms with Gasteiger partial charge in [-0.05, 0) is 94.2 Å². The lowest BCUT2D eigenvalue weighted by Gasteiger charge is -2.38. The maximum absolute atomic E-state index is 5.13. The Morgan fingerprint density at radius 1 is 0.776 bits per heavy atom. The Hall–Kier alpha value is -5.97. The molecule has 9 rings (SSSR count). The zero-order chi connectivity index (χ0) is 39.6. The first-order valence-electron chi connectivity index (χ1n) is 21.1. The molecular weight excluding hydrogens is 705 g/mol. The molecule has 0 saturated heterocycles. The maximum Gasteiger partial charge on any atom is 0.164 e. The van der Waals surface area contributed by atoms with Gasteiger partial charge >= 0.3 is 0 Å². The third kappa shape index (κ3) is 6.50. The molecule has 0 amide bonds. The van der Waals surface area contributed by atoms with Gasteiger partial charge in [0, 0.05) is 35.7 Å². The molecular formula is C54H52N4. The highest BCUT2D eigenvalue weighted by Crippen LogP contribution is 2.65. The van der Waals surface area contributed by atoms with E-state index in [2.05, 4.69) is 160 Å². The SMILES string of the molecule is C=C1c2ccccc2[C@@]2(c3ccccc3-c3cccc(C(C)CC(CCC)c4cccc(-c5nc(C6=CC=CCNC6)nc(-c6ccccc6)n5)c4)c32)C1C/C=C\C. The van der Waals surface area contributed by atoms with Crippen molar-refractivity contribution in [3.05, 3.63) is 197 Å². The largest absolute Gasteiger partial charge is 0.309 e. The summed E-state index contributed by atoms with van der Waals surface area (Å²) >= 11 is 0. The van der Waals surface area contributed by atoms with E-state index in [0.29, 0.717) is 35.9 Å². The first-order valence-corrected chi connectivity index (χ1v) is 21.1. The minimum Gasteiger partial charge on any atom is -0.309 e. The fraction of sp³-hybridized carbons (Fsp3) is 0.241. The lowest BCUT2D eigenvalue weighted by molar-refractivity contribution is 0.478. The Balaban J connectivity index is 1.12. The van der Waals surface area contributed by atoms with Gasteiger partial charge in [-0.2, -0.15) is 0 Å². The van der Waals surface area contributed by atoms with Crippen molar-refractivity contribution in [3.63, 3.8) is 0 Å². The molecule has 0 fully saturated rings. The molecule has 4 atom stereocenters. The van der Waals surface area contributed by atoms with Gasteiger partial charge in [-0.3, -0.25) is 0 Å². The first-order chi connectivity index (χ1) is 28.5. The number of nitrogens with zero attached hydrogens (tertiary/aromatic N) is 3. The monoisotopic (exact) mass is 756 g/mol. The van der Waals surface area contributed by atoms with Crippen molar-refractivity contribution in [1.82, 2.24) is 20.3 Å². The third-order valence-corrected chi connectivity index (χ3v) is 12.8. The molecule has 2 heterocycles. The predicted molar refractivity (Wildman–Crippen MR) is 242 cm³/mol. The van der Waals surface area contributed by atoms with E-state index < -0.39 is 0 Å². The average Bonchev–Trinajstić information content (AvgIpc) is 3.51. The number of hydrogen-bond donors (Lipinski definition) is 1. The normalized spacial score (nSPS) is 19.1. The van der Waals surface area contributed by atoms with Gasteiger partial charge in [0.1, 0.15) is 0 Å². The number of nitrogens with one attached hydrogen (secondary N) is 1. The number of allylic oxidation sites excluding steroid dienone is 5. The Morgan fingerprint density at radius 2 is 1.45 bits per heavy atom. The summed E-state index contributed by atoms with van der Waals surface area (Å²) in [5.41, 5.74) is 15.1. The summed E-state index contributed by atoms with van der Waals surface area (Å²) in [4.78, 5) is 15.2. The van der Waals surface area contributed by atoms with Gasteiger partial charge in [0.05, 0.1) is 5.41 Å². The Kier molecular flexibility index (Phi) is 10.4. The van der Waals surface area contributed by atoms with Crippen molar-refractivity contribution >= 4 is 11.1 Å². The molecule has 4 nitrogen and oxygen atoms in total.